The predicted molar refractivity (Wildman–Crippen MR) is 103 cm³/mol. The molecule has 0 saturated carbocycles. The van der Waals surface area contributed by atoms with Crippen LogP contribution in [0.5, 0.6) is 5.75 Å². The molecule has 3 rings (SSSR count). The van der Waals surface area contributed by atoms with Crippen LogP contribution >= 0.6 is 0 Å². The van der Waals surface area contributed by atoms with Crippen LogP contribution in [0.2, 0.25) is 0 Å². The molecule has 142 valence electrons. The summed E-state index contributed by atoms with van der Waals surface area (Å²) in [4.78, 5) is 24.6. The van der Waals surface area contributed by atoms with Gasteiger partial charge in [0.2, 0.25) is 0 Å². The molecule has 5 heteroatoms. The fraction of sp³-hybridized carbons (Fsp3) is 0.364. The van der Waals surface area contributed by atoms with Gasteiger partial charge in [-0.05, 0) is 73.6 Å². The van der Waals surface area contributed by atoms with Gasteiger partial charge in [-0.1, -0.05) is 18.2 Å². The zero-order valence-electron chi connectivity index (χ0n) is 15.8. The molecule has 1 atom stereocenters. The van der Waals surface area contributed by atoms with Gasteiger partial charge in [-0.2, -0.15) is 0 Å². The third kappa shape index (κ3) is 4.88. The van der Waals surface area contributed by atoms with E-state index in [1.165, 1.54) is 17.5 Å². The van der Waals surface area contributed by atoms with Crippen molar-refractivity contribution in [2.45, 2.75) is 45.3 Å². The monoisotopic (exact) mass is 367 g/mol. The molecule has 0 radical (unpaired) electrons. The standard InChI is InChI=1S/C22H25NO4/c1-15(21(24)23-14-16-7-11-20(26-2)12-8-16)27-22(25)19-10-9-17-5-3-4-6-18(17)13-19/h7-13,15H,3-6,14H2,1-2H3,(H,23,24)/t15-/m0/s1. The van der Waals surface area contributed by atoms with Crippen LogP contribution in [0.15, 0.2) is 42.5 Å². The second-order valence-corrected chi connectivity index (χ2v) is 6.80. The van der Waals surface area contributed by atoms with Gasteiger partial charge in [0, 0.05) is 6.54 Å². The molecular formula is C22H25NO4. The summed E-state index contributed by atoms with van der Waals surface area (Å²) in [7, 11) is 1.61. The van der Waals surface area contributed by atoms with Crippen LogP contribution < -0.4 is 10.1 Å². The van der Waals surface area contributed by atoms with E-state index in [1.54, 1.807) is 20.1 Å². The Bertz CT molecular complexity index is 814. The summed E-state index contributed by atoms with van der Waals surface area (Å²) in [6.07, 6.45) is 3.55. The quantitative estimate of drug-likeness (QED) is 0.795. The maximum atomic E-state index is 12.4. The molecule has 0 heterocycles. The summed E-state index contributed by atoms with van der Waals surface area (Å²) in [5, 5.41) is 2.79. The lowest BCUT2D eigenvalue weighted by Crippen LogP contribution is -2.35. The van der Waals surface area contributed by atoms with E-state index in [0.29, 0.717) is 12.1 Å². The lowest BCUT2D eigenvalue weighted by atomic mass is 9.90. The number of benzene rings is 2. The molecule has 2 aromatic carbocycles. The number of hydrogen-bond acceptors (Lipinski definition) is 4. The Hall–Kier alpha value is -2.82. The summed E-state index contributed by atoms with van der Waals surface area (Å²) in [5.74, 6) is -0.0231. The molecule has 5 nitrogen and oxygen atoms in total. The molecule has 0 spiro atoms. The first-order chi connectivity index (χ1) is 13.1. The Kier molecular flexibility index (Phi) is 6.12. The van der Waals surface area contributed by atoms with Crippen LogP contribution in [0.1, 0.15) is 46.8 Å². The smallest absolute Gasteiger partial charge is 0.338 e. The normalized spacial score (nSPS) is 14.0. The summed E-state index contributed by atoms with van der Waals surface area (Å²) in [6, 6.07) is 13.1. The fourth-order valence-electron chi connectivity index (χ4n) is 3.22. The van der Waals surface area contributed by atoms with E-state index >= 15 is 0 Å². The van der Waals surface area contributed by atoms with Crippen LogP contribution in [-0.4, -0.2) is 25.1 Å². The van der Waals surface area contributed by atoms with E-state index in [9.17, 15) is 9.59 Å². The summed E-state index contributed by atoms with van der Waals surface area (Å²) < 4.78 is 10.5. The van der Waals surface area contributed by atoms with Crippen LogP contribution in [0.4, 0.5) is 0 Å². The Morgan fingerprint density at radius 2 is 1.74 bits per heavy atom. The third-order valence-corrected chi connectivity index (χ3v) is 4.86. The van der Waals surface area contributed by atoms with Gasteiger partial charge in [-0.3, -0.25) is 4.79 Å². The van der Waals surface area contributed by atoms with Gasteiger partial charge < -0.3 is 14.8 Å². The molecule has 0 fully saturated rings. The number of fused-ring (bicyclic) bond motifs is 1. The average Bonchev–Trinajstić information content (AvgIpc) is 2.71. The zero-order valence-corrected chi connectivity index (χ0v) is 15.8. The lowest BCUT2D eigenvalue weighted by molar-refractivity contribution is -0.129. The molecule has 2 aromatic rings. The highest BCUT2D eigenvalue weighted by Gasteiger charge is 2.20. The Balaban J connectivity index is 1.53. The first-order valence-corrected chi connectivity index (χ1v) is 9.30. The highest BCUT2D eigenvalue weighted by atomic mass is 16.5. The van der Waals surface area contributed by atoms with Crippen molar-refractivity contribution in [1.82, 2.24) is 5.32 Å². The summed E-state index contributed by atoms with van der Waals surface area (Å²) in [5.41, 5.74) is 3.97. The lowest BCUT2D eigenvalue weighted by Gasteiger charge is -2.17. The number of aryl methyl sites for hydroxylation is 2. The van der Waals surface area contributed by atoms with E-state index in [0.717, 1.165) is 30.6 Å². The number of carbonyl (C=O) groups is 2. The maximum absolute atomic E-state index is 12.4. The summed E-state index contributed by atoms with van der Waals surface area (Å²) >= 11 is 0. The second-order valence-electron chi connectivity index (χ2n) is 6.80. The van der Waals surface area contributed by atoms with Gasteiger partial charge in [0.25, 0.3) is 5.91 Å². The molecular weight excluding hydrogens is 342 g/mol. The number of esters is 1. The van der Waals surface area contributed by atoms with E-state index in [4.69, 9.17) is 9.47 Å². The van der Waals surface area contributed by atoms with Gasteiger partial charge in [-0.15, -0.1) is 0 Å². The van der Waals surface area contributed by atoms with E-state index in [-0.39, 0.29) is 5.91 Å². The number of methoxy groups -OCH3 is 1. The van der Waals surface area contributed by atoms with Crippen LogP contribution in [0.25, 0.3) is 0 Å². The van der Waals surface area contributed by atoms with Crippen LogP contribution in [0, 0.1) is 0 Å². The first-order valence-electron chi connectivity index (χ1n) is 9.30. The SMILES string of the molecule is COc1ccc(CNC(=O)[C@H](C)OC(=O)c2ccc3c(c2)CCCC3)cc1. The van der Waals surface area contributed by atoms with Gasteiger partial charge in [0.05, 0.1) is 12.7 Å². The van der Waals surface area contributed by atoms with Gasteiger partial charge in [0.1, 0.15) is 5.75 Å². The van der Waals surface area contributed by atoms with E-state index in [1.807, 2.05) is 36.4 Å². The number of ether oxygens (including phenoxy) is 2. The third-order valence-electron chi connectivity index (χ3n) is 4.86. The first kappa shape index (κ1) is 19.0. The topological polar surface area (TPSA) is 64.6 Å². The zero-order chi connectivity index (χ0) is 19.2. The molecule has 0 aliphatic heterocycles. The molecule has 1 amide bonds. The number of carbonyl (C=O) groups excluding carboxylic acids is 2. The number of rotatable bonds is 6. The van der Waals surface area contributed by atoms with Crippen molar-refractivity contribution in [1.29, 1.82) is 0 Å². The van der Waals surface area contributed by atoms with E-state index in [2.05, 4.69) is 5.32 Å². The average molecular weight is 367 g/mol. The van der Waals surface area contributed by atoms with Crippen molar-refractivity contribution in [3.63, 3.8) is 0 Å². The van der Waals surface area contributed by atoms with Crippen molar-refractivity contribution in [3.05, 3.63) is 64.7 Å². The molecule has 0 bridgehead atoms. The van der Waals surface area contributed by atoms with Crippen molar-refractivity contribution < 1.29 is 19.1 Å². The van der Waals surface area contributed by atoms with Crippen molar-refractivity contribution >= 4 is 11.9 Å². The van der Waals surface area contributed by atoms with Crippen molar-refractivity contribution in [2.24, 2.45) is 0 Å². The number of amides is 1. The Labute approximate surface area is 159 Å². The summed E-state index contributed by atoms with van der Waals surface area (Å²) in [6.45, 7) is 1.95. The maximum Gasteiger partial charge on any atom is 0.338 e. The van der Waals surface area contributed by atoms with Crippen LogP contribution in [-0.2, 0) is 28.9 Å². The Morgan fingerprint density at radius 3 is 2.44 bits per heavy atom. The number of hydrogen-bond donors (Lipinski definition) is 1. The van der Waals surface area contributed by atoms with Gasteiger partial charge in [0.15, 0.2) is 6.10 Å². The highest BCUT2D eigenvalue weighted by molar-refractivity contribution is 5.92. The van der Waals surface area contributed by atoms with E-state index < -0.39 is 12.1 Å². The molecule has 0 saturated heterocycles. The molecule has 0 aromatic heterocycles. The molecule has 27 heavy (non-hydrogen) atoms. The molecule has 1 aliphatic rings. The predicted octanol–water partition coefficient (Wildman–Crippen LogP) is 3.44. The minimum Gasteiger partial charge on any atom is -0.497 e. The van der Waals surface area contributed by atoms with Crippen molar-refractivity contribution in [3.8, 4) is 5.75 Å². The minimum atomic E-state index is -0.855. The largest absolute Gasteiger partial charge is 0.497 e. The second kappa shape index (κ2) is 8.71. The number of nitrogens with one attached hydrogen (secondary N) is 1. The molecule has 1 aliphatic carbocycles. The molecule has 1 N–H and O–H groups in total. The highest BCUT2D eigenvalue weighted by Crippen LogP contribution is 2.22. The Morgan fingerprint density at radius 1 is 1.04 bits per heavy atom. The van der Waals surface area contributed by atoms with Crippen LogP contribution in [0.3, 0.4) is 0 Å². The van der Waals surface area contributed by atoms with Crippen molar-refractivity contribution in [2.75, 3.05) is 7.11 Å². The fourth-order valence-corrected chi connectivity index (χ4v) is 3.22. The molecule has 0 unspecified atom stereocenters. The van der Waals surface area contributed by atoms with Gasteiger partial charge in [-0.25, -0.2) is 4.79 Å². The van der Waals surface area contributed by atoms with Gasteiger partial charge >= 0.3 is 5.97 Å². The minimum absolute atomic E-state index is 0.322.